The van der Waals surface area contributed by atoms with Crippen molar-refractivity contribution in [2.24, 2.45) is 0 Å². The van der Waals surface area contributed by atoms with Crippen molar-refractivity contribution in [1.29, 1.82) is 0 Å². The molecule has 0 aromatic heterocycles. The second kappa shape index (κ2) is 3.52. The van der Waals surface area contributed by atoms with E-state index in [2.05, 4.69) is 0 Å². The molecule has 0 saturated carbocycles. The van der Waals surface area contributed by atoms with E-state index < -0.39 is 5.97 Å². The van der Waals surface area contributed by atoms with Crippen molar-refractivity contribution in [1.82, 2.24) is 0 Å². The number of rotatable bonds is 1. The van der Waals surface area contributed by atoms with Crippen LogP contribution >= 0.6 is 34.8 Å². The topological polar surface area (TPSA) is 40.1 Å². The highest BCUT2D eigenvalue weighted by molar-refractivity contribution is 6.44. The SMILES string of the molecule is O=C([O-])c1cc(Cl)c(Cl)cc1Cl. The fourth-order valence-corrected chi connectivity index (χ4v) is 1.30. The fraction of sp³-hybridized carbons (Fsp3) is 0. The Morgan fingerprint density at radius 1 is 1.08 bits per heavy atom. The van der Waals surface area contributed by atoms with Crippen molar-refractivity contribution < 1.29 is 9.90 Å². The Hall–Kier alpha value is -0.440. The van der Waals surface area contributed by atoms with Gasteiger partial charge in [-0.3, -0.25) is 0 Å². The second-order valence-electron chi connectivity index (χ2n) is 2.03. The maximum Gasteiger partial charge on any atom is 0.0730 e. The zero-order valence-electron chi connectivity index (χ0n) is 5.61. The van der Waals surface area contributed by atoms with Gasteiger partial charge in [0.05, 0.1) is 21.0 Å². The van der Waals surface area contributed by atoms with Gasteiger partial charge in [0.2, 0.25) is 0 Å². The number of hydrogen-bond acceptors (Lipinski definition) is 2. The largest absolute Gasteiger partial charge is 0.545 e. The standard InChI is InChI=1S/C7H3Cl3O2/c8-4-2-6(10)5(9)1-3(4)7(11)12/h1-2H,(H,11,12)/p-1. The first-order valence-corrected chi connectivity index (χ1v) is 4.01. The molecule has 0 radical (unpaired) electrons. The Bertz CT molecular complexity index is 336. The lowest BCUT2D eigenvalue weighted by Crippen LogP contribution is -2.22. The van der Waals surface area contributed by atoms with Crippen LogP contribution < -0.4 is 5.11 Å². The smallest absolute Gasteiger partial charge is 0.0730 e. The summed E-state index contributed by atoms with van der Waals surface area (Å²) in [7, 11) is 0. The van der Waals surface area contributed by atoms with Gasteiger partial charge in [0.15, 0.2) is 0 Å². The number of benzene rings is 1. The van der Waals surface area contributed by atoms with E-state index in [0.29, 0.717) is 0 Å². The van der Waals surface area contributed by atoms with Crippen LogP contribution in [-0.4, -0.2) is 5.97 Å². The number of carboxylic acids is 1. The van der Waals surface area contributed by atoms with Crippen LogP contribution in [0.3, 0.4) is 0 Å². The average Bonchev–Trinajstić information content (AvgIpc) is 1.96. The molecule has 0 unspecified atom stereocenters. The van der Waals surface area contributed by atoms with Gasteiger partial charge in [0.25, 0.3) is 0 Å². The summed E-state index contributed by atoms with van der Waals surface area (Å²) in [6.07, 6.45) is 0. The molecule has 2 nitrogen and oxygen atoms in total. The van der Waals surface area contributed by atoms with E-state index in [1.807, 2.05) is 0 Å². The Labute approximate surface area is 83.7 Å². The van der Waals surface area contributed by atoms with E-state index in [9.17, 15) is 9.90 Å². The molecule has 1 rings (SSSR count). The molecule has 0 aliphatic heterocycles. The molecule has 0 amide bonds. The molecule has 0 N–H and O–H groups in total. The summed E-state index contributed by atoms with van der Waals surface area (Å²) in [6.45, 7) is 0. The number of carbonyl (C=O) groups is 1. The molecule has 0 spiro atoms. The lowest BCUT2D eigenvalue weighted by molar-refractivity contribution is -0.255. The van der Waals surface area contributed by atoms with Crippen LogP contribution in [0.4, 0.5) is 0 Å². The van der Waals surface area contributed by atoms with Crippen molar-refractivity contribution in [3.63, 3.8) is 0 Å². The van der Waals surface area contributed by atoms with E-state index in [-0.39, 0.29) is 20.6 Å². The molecular formula is C7H2Cl3O2-. The van der Waals surface area contributed by atoms with Gasteiger partial charge in [-0.2, -0.15) is 0 Å². The third-order valence-electron chi connectivity index (χ3n) is 1.23. The molecule has 0 atom stereocenters. The first-order chi connectivity index (χ1) is 5.52. The number of hydrogen-bond donors (Lipinski definition) is 0. The predicted molar refractivity (Wildman–Crippen MR) is 45.8 cm³/mol. The van der Waals surface area contributed by atoms with Crippen LogP contribution in [0.2, 0.25) is 15.1 Å². The van der Waals surface area contributed by atoms with Gasteiger partial charge in [0, 0.05) is 5.56 Å². The highest BCUT2D eigenvalue weighted by Crippen LogP contribution is 2.28. The third-order valence-corrected chi connectivity index (χ3v) is 2.26. The Morgan fingerprint density at radius 2 is 1.58 bits per heavy atom. The number of carbonyl (C=O) groups excluding carboxylic acids is 1. The van der Waals surface area contributed by atoms with Crippen LogP contribution in [0.5, 0.6) is 0 Å². The van der Waals surface area contributed by atoms with E-state index in [0.717, 1.165) is 6.07 Å². The highest BCUT2D eigenvalue weighted by atomic mass is 35.5. The third kappa shape index (κ3) is 1.83. The van der Waals surface area contributed by atoms with Crippen molar-refractivity contribution in [3.8, 4) is 0 Å². The van der Waals surface area contributed by atoms with E-state index in [4.69, 9.17) is 34.8 Å². The first-order valence-electron chi connectivity index (χ1n) is 2.88. The van der Waals surface area contributed by atoms with Gasteiger partial charge in [-0.05, 0) is 12.1 Å². The average molecular weight is 224 g/mol. The van der Waals surface area contributed by atoms with Crippen LogP contribution in [-0.2, 0) is 0 Å². The van der Waals surface area contributed by atoms with E-state index >= 15 is 0 Å². The molecule has 12 heavy (non-hydrogen) atoms. The second-order valence-corrected chi connectivity index (χ2v) is 3.26. The molecule has 1 aromatic rings. The van der Waals surface area contributed by atoms with Gasteiger partial charge in [-0.15, -0.1) is 0 Å². The minimum atomic E-state index is -1.38. The maximum atomic E-state index is 10.4. The summed E-state index contributed by atoms with van der Waals surface area (Å²) in [5.74, 6) is -1.38. The Balaban J connectivity index is 3.33. The highest BCUT2D eigenvalue weighted by Gasteiger charge is 2.05. The molecule has 1 aromatic carbocycles. The Kier molecular flexibility index (Phi) is 2.83. The lowest BCUT2D eigenvalue weighted by atomic mass is 10.2. The van der Waals surface area contributed by atoms with Crippen molar-refractivity contribution in [2.45, 2.75) is 0 Å². The molecule has 0 bridgehead atoms. The summed E-state index contributed by atoms with van der Waals surface area (Å²) < 4.78 is 0. The summed E-state index contributed by atoms with van der Waals surface area (Å²) in [5, 5.41) is 10.8. The number of carboxylic acid groups (broad SMARTS) is 1. The molecule has 0 fully saturated rings. The predicted octanol–water partition coefficient (Wildman–Crippen LogP) is 2.01. The molecule has 5 heteroatoms. The zero-order chi connectivity index (χ0) is 9.30. The quantitative estimate of drug-likeness (QED) is 0.685. The molecule has 0 aliphatic rings. The van der Waals surface area contributed by atoms with Crippen LogP contribution in [0, 0.1) is 0 Å². The van der Waals surface area contributed by atoms with E-state index in [1.165, 1.54) is 6.07 Å². The Morgan fingerprint density at radius 3 is 2.08 bits per heavy atom. The number of aromatic carboxylic acids is 1. The van der Waals surface area contributed by atoms with Crippen molar-refractivity contribution >= 4 is 40.8 Å². The van der Waals surface area contributed by atoms with Crippen LogP contribution in [0.25, 0.3) is 0 Å². The van der Waals surface area contributed by atoms with Gasteiger partial charge in [-0.25, -0.2) is 0 Å². The normalized spacial score (nSPS) is 9.92. The first kappa shape index (κ1) is 9.65. The minimum absolute atomic E-state index is 0.0180. The van der Waals surface area contributed by atoms with Crippen LogP contribution in [0.15, 0.2) is 12.1 Å². The molecule has 0 aliphatic carbocycles. The molecule has 0 heterocycles. The molecular weight excluding hydrogens is 222 g/mol. The summed E-state index contributed by atoms with van der Waals surface area (Å²) >= 11 is 16.6. The van der Waals surface area contributed by atoms with Crippen LogP contribution in [0.1, 0.15) is 10.4 Å². The number of halogens is 3. The summed E-state index contributed by atoms with van der Waals surface area (Å²) in [5.41, 5.74) is -0.161. The zero-order valence-corrected chi connectivity index (χ0v) is 7.87. The monoisotopic (exact) mass is 223 g/mol. The van der Waals surface area contributed by atoms with Gasteiger partial charge < -0.3 is 9.90 Å². The van der Waals surface area contributed by atoms with Gasteiger partial charge in [0.1, 0.15) is 0 Å². The van der Waals surface area contributed by atoms with E-state index in [1.54, 1.807) is 0 Å². The summed E-state index contributed by atoms with van der Waals surface area (Å²) in [4.78, 5) is 10.4. The molecule has 64 valence electrons. The van der Waals surface area contributed by atoms with Crippen molar-refractivity contribution in [3.05, 3.63) is 32.8 Å². The minimum Gasteiger partial charge on any atom is -0.545 e. The maximum absolute atomic E-state index is 10.4. The van der Waals surface area contributed by atoms with Crippen molar-refractivity contribution in [2.75, 3.05) is 0 Å². The molecule has 0 saturated heterocycles. The fourth-order valence-electron chi connectivity index (χ4n) is 0.679. The summed E-state index contributed by atoms with van der Waals surface area (Å²) in [6, 6.07) is 2.41. The van der Waals surface area contributed by atoms with Gasteiger partial charge >= 0.3 is 0 Å². The lowest BCUT2D eigenvalue weighted by Gasteiger charge is -2.06. The van der Waals surface area contributed by atoms with Gasteiger partial charge in [-0.1, -0.05) is 34.8 Å².